The minimum absolute atomic E-state index is 0.145. The number of pyridine rings is 2. The molecular formula is C21H20ClF2N3. The van der Waals surface area contributed by atoms with Crippen LogP contribution in [0.3, 0.4) is 0 Å². The Morgan fingerprint density at radius 2 is 1.89 bits per heavy atom. The Bertz CT molecular complexity index is 997. The number of halogens is 3. The lowest BCUT2D eigenvalue weighted by molar-refractivity contribution is 0.436. The first-order valence-corrected chi connectivity index (χ1v) is 9.48. The van der Waals surface area contributed by atoms with Crippen LogP contribution in [0.25, 0.3) is 22.2 Å². The van der Waals surface area contributed by atoms with E-state index >= 15 is 0 Å². The first kappa shape index (κ1) is 18.1. The fourth-order valence-electron chi connectivity index (χ4n) is 3.59. The van der Waals surface area contributed by atoms with Gasteiger partial charge in [0.1, 0.15) is 17.5 Å². The van der Waals surface area contributed by atoms with E-state index in [1.807, 2.05) is 12.1 Å². The summed E-state index contributed by atoms with van der Waals surface area (Å²) in [7, 11) is 0. The van der Waals surface area contributed by atoms with Crippen LogP contribution in [-0.4, -0.2) is 23.1 Å². The number of fused-ring (bicyclic) bond motifs is 1. The standard InChI is InChI=1S/C21H20ClF2N3/c1-12-5-7-27(8-6-12)18-4-3-14(11-25-18)21-13(2)20(22)19-16(24)9-15(23)10-17(19)26-21/h3-4,9-12H,5-8H2,1-2H3. The Kier molecular flexibility index (Phi) is 4.72. The van der Waals surface area contributed by atoms with Crippen LogP contribution in [0.4, 0.5) is 14.6 Å². The molecule has 1 aliphatic heterocycles. The van der Waals surface area contributed by atoms with Crippen molar-refractivity contribution in [3.8, 4) is 11.3 Å². The molecule has 27 heavy (non-hydrogen) atoms. The average Bonchev–Trinajstić information content (AvgIpc) is 2.65. The lowest BCUT2D eigenvalue weighted by Gasteiger charge is -2.31. The van der Waals surface area contributed by atoms with Gasteiger partial charge in [-0.1, -0.05) is 18.5 Å². The molecule has 0 saturated carbocycles. The van der Waals surface area contributed by atoms with Crippen molar-refractivity contribution in [3.05, 3.63) is 52.7 Å². The lowest BCUT2D eigenvalue weighted by atomic mass is 9.99. The van der Waals surface area contributed by atoms with Gasteiger partial charge in [-0.25, -0.2) is 18.7 Å². The number of hydrogen-bond acceptors (Lipinski definition) is 3. The lowest BCUT2D eigenvalue weighted by Crippen LogP contribution is -2.33. The number of anilines is 1. The predicted molar refractivity (Wildman–Crippen MR) is 105 cm³/mol. The zero-order valence-corrected chi connectivity index (χ0v) is 16.0. The second-order valence-corrected chi connectivity index (χ2v) is 7.63. The Morgan fingerprint density at radius 3 is 2.56 bits per heavy atom. The molecule has 1 aromatic carbocycles. The van der Waals surface area contributed by atoms with Crippen LogP contribution in [0.15, 0.2) is 30.5 Å². The number of nitrogens with zero attached hydrogens (tertiary/aromatic N) is 3. The maximum atomic E-state index is 14.1. The maximum Gasteiger partial charge on any atom is 0.137 e. The topological polar surface area (TPSA) is 29.0 Å². The highest BCUT2D eigenvalue weighted by Gasteiger charge is 2.19. The van der Waals surface area contributed by atoms with Gasteiger partial charge in [-0.05, 0) is 43.4 Å². The van der Waals surface area contributed by atoms with Gasteiger partial charge in [-0.3, -0.25) is 0 Å². The average molecular weight is 388 g/mol. The van der Waals surface area contributed by atoms with E-state index in [-0.39, 0.29) is 15.9 Å². The van der Waals surface area contributed by atoms with E-state index in [1.165, 1.54) is 18.9 Å². The summed E-state index contributed by atoms with van der Waals surface area (Å²) in [4.78, 5) is 11.3. The molecule has 2 aromatic heterocycles. The fraction of sp³-hybridized carbons (Fsp3) is 0.333. The molecule has 0 atom stereocenters. The van der Waals surface area contributed by atoms with E-state index in [1.54, 1.807) is 13.1 Å². The quantitative estimate of drug-likeness (QED) is 0.558. The van der Waals surface area contributed by atoms with Gasteiger partial charge in [-0.2, -0.15) is 0 Å². The summed E-state index contributed by atoms with van der Waals surface area (Å²) in [6.45, 7) is 6.07. The molecule has 0 radical (unpaired) electrons. The van der Waals surface area contributed by atoms with Gasteiger partial charge < -0.3 is 4.90 Å². The fourth-order valence-corrected chi connectivity index (χ4v) is 3.87. The third kappa shape index (κ3) is 3.36. The molecule has 140 valence electrons. The van der Waals surface area contributed by atoms with Gasteiger partial charge in [0.15, 0.2) is 0 Å². The zero-order chi connectivity index (χ0) is 19.1. The summed E-state index contributed by atoms with van der Waals surface area (Å²) in [5, 5.41) is 0.396. The van der Waals surface area contributed by atoms with Crippen molar-refractivity contribution in [2.45, 2.75) is 26.7 Å². The Hall–Kier alpha value is -2.27. The highest BCUT2D eigenvalue weighted by molar-refractivity contribution is 6.36. The van der Waals surface area contributed by atoms with Crippen molar-refractivity contribution >= 4 is 28.3 Å². The summed E-state index contributed by atoms with van der Waals surface area (Å²) in [6.07, 6.45) is 4.09. The third-order valence-electron chi connectivity index (χ3n) is 5.30. The van der Waals surface area contributed by atoms with Crippen LogP contribution in [-0.2, 0) is 0 Å². The largest absolute Gasteiger partial charge is 0.357 e. The summed E-state index contributed by atoms with van der Waals surface area (Å²) in [5.41, 5.74) is 2.21. The summed E-state index contributed by atoms with van der Waals surface area (Å²) < 4.78 is 27.7. The number of piperidine rings is 1. The number of hydrogen-bond donors (Lipinski definition) is 0. The number of rotatable bonds is 2. The van der Waals surface area contributed by atoms with Gasteiger partial charge in [0.2, 0.25) is 0 Å². The van der Waals surface area contributed by atoms with E-state index in [9.17, 15) is 8.78 Å². The molecule has 0 N–H and O–H groups in total. The van der Waals surface area contributed by atoms with Crippen molar-refractivity contribution in [2.24, 2.45) is 5.92 Å². The van der Waals surface area contributed by atoms with E-state index in [0.29, 0.717) is 11.3 Å². The van der Waals surface area contributed by atoms with E-state index in [2.05, 4.69) is 21.8 Å². The molecular weight excluding hydrogens is 368 g/mol. The smallest absolute Gasteiger partial charge is 0.137 e. The maximum absolute atomic E-state index is 14.1. The molecule has 0 spiro atoms. The molecule has 4 rings (SSSR count). The van der Waals surface area contributed by atoms with Gasteiger partial charge >= 0.3 is 0 Å². The minimum Gasteiger partial charge on any atom is -0.357 e. The van der Waals surface area contributed by atoms with E-state index < -0.39 is 11.6 Å². The van der Waals surface area contributed by atoms with Gasteiger partial charge in [0.05, 0.1) is 21.6 Å². The number of aromatic nitrogens is 2. The SMILES string of the molecule is Cc1c(-c2ccc(N3CCC(C)CC3)nc2)nc2cc(F)cc(F)c2c1Cl. The predicted octanol–water partition coefficient (Wildman–Crippen LogP) is 5.77. The highest BCUT2D eigenvalue weighted by atomic mass is 35.5. The summed E-state index contributed by atoms with van der Waals surface area (Å²) >= 11 is 6.37. The normalized spacial score (nSPS) is 15.5. The van der Waals surface area contributed by atoms with Crippen LogP contribution in [0, 0.1) is 24.5 Å². The molecule has 3 aromatic rings. The van der Waals surface area contributed by atoms with Crippen LogP contribution >= 0.6 is 11.6 Å². The second kappa shape index (κ2) is 7.04. The Balaban J connectivity index is 1.73. The molecule has 6 heteroatoms. The molecule has 0 amide bonds. The van der Waals surface area contributed by atoms with Gasteiger partial charge in [0, 0.05) is 37.0 Å². The molecule has 1 fully saturated rings. The third-order valence-corrected chi connectivity index (χ3v) is 5.77. The monoisotopic (exact) mass is 387 g/mol. The molecule has 1 saturated heterocycles. The molecule has 3 nitrogen and oxygen atoms in total. The first-order valence-electron chi connectivity index (χ1n) is 9.10. The van der Waals surface area contributed by atoms with Crippen LogP contribution < -0.4 is 4.90 Å². The van der Waals surface area contributed by atoms with Crippen molar-refractivity contribution in [1.82, 2.24) is 9.97 Å². The second-order valence-electron chi connectivity index (χ2n) is 7.26. The van der Waals surface area contributed by atoms with Gasteiger partial charge in [-0.15, -0.1) is 0 Å². The van der Waals surface area contributed by atoms with Crippen molar-refractivity contribution in [2.75, 3.05) is 18.0 Å². The highest BCUT2D eigenvalue weighted by Crippen LogP contribution is 2.35. The number of benzene rings is 1. The van der Waals surface area contributed by atoms with Crippen LogP contribution in [0.5, 0.6) is 0 Å². The molecule has 1 aliphatic rings. The Morgan fingerprint density at radius 1 is 1.15 bits per heavy atom. The van der Waals surface area contributed by atoms with E-state index in [4.69, 9.17) is 11.6 Å². The molecule has 0 unspecified atom stereocenters. The molecule has 0 aliphatic carbocycles. The van der Waals surface area contributed by atoms with E-state index in [0.717, 1.165) is 36.5 Å². The van der Waals surface area contributed by atoms with Crippen molar-refractivity contribution in [3.63, 3.8) is 0 Å². The van der Waals surface area contributed by atoms with Crippen molar-refractivity contribution in [1.29, 1.82) is 0 Å². The molecule has 0 bridgehead atoms. The minimum atomic E-state index is -0.704. The Labute approximate surface area is 162 Å². The summed E-state index contributed by atoms with van der Waals surface area (Å²) in [6, 6.07) is 5.93. The van der Waals surface area contributed by atoms with Crippen LogP contribution in [0.1, 0.15) is 25.3 Å². The van der Waals surface area contributed by atoms with Crippen molar-refractivity contribution < 1.29 is 8.78 Å². The zero-order valence-electron chi connectivity index (χ0n) is 15.3. The summed E-state index contributed by atoms with van der Waals surface area (Å²) in [5.74, 6) is 0.316. The molecule has 3 heterocycles. The van der Waals surface area contributed by atoms with Crippen LogP contribution in [0.2, 0.25) is 5.02 Å². The van der Waals surface area contributed by atoms with Gasteiger partial charge in [0.25, 0.3) is 0 Å². The first-order chi connectivity index (χ1) is 12.9.